The van der Waals surface area contributed by atoms with Gasteiger partial charge in [-0.1, -0.05) is 283 Å². The van der Waals surface area contributed by atoms with Gasteiger partial charge in [0.2, 0.25) is 5.91 Å². The normalized spacial score (nSPS) is 12.6. The van der Waals surface area contributed by atoms with Crippen molar-refractivity contribution < 1.29 is 24.5 Å². The van der Waals surface area contributed by atoms with Crippen LogP contribution in [0.2, 0.25) is 0 Å². The van der Waals surface area contributed by atoms with Gasteiger partial charge in [-0.2, -0.15) is 0 Å². The van der Waals surface area contributed by atoms with Crippen molar-refractivity contribution in [1.82, 2.24) is 5.32 Å². The molecule has 0 heterocycles. The number of aliphatic hydroxyl groups is 2. The Balaban J connectivity index is 3.38. The molecule has 0 aromatic rings. The number of allylic oxidation sites excluding steroid dienone is 1. The molecule has 1 amide bonds. The van der Waals surface area contributed by atoms with Crippen LogP contribution in [0.4, 0.5) is 0 Å². The van der Waals surface area contributed by atoms with E-state index in [2.05, 4.69) is 19.2 Å². The maximum atomic E-state index is 12.4. The van der Waals surface area contributed by atoms with Crippen molar-refractivity contribution in [1.29, 1.82) is 0 Å². The number of nitrogens with one attached hydrogen (secondary N) is 1. The lowest BCUT2D eigenvalue weighted by atomic mass is 10.0. The second-order valence-electron chi connectivity index (χ2n) is 19.6. The number of ether oxygens (including phenoxy) is 1. The summed E-state index contributed by atoms with van der Waals surface area (Å²) in [6.07, 6.45) is 62.3. The Morgan fingerprint density at radius 3 is 1.08 bits per heavy atom. The summed E-state index contributed by atoms with van der Waals surface area (Å²) in [6, 6.07) is -0.628. The van der Waals surface area contributed by atoms with Gasteiger partial charge in [0.05, 0.1) is 25.4 Å². The summed E-state index contributed by atoms with van der Waals surface area (Å²) >= 11 is 0. The van der Waals surface area contributed by atoms with E-state index in [-0.39, 0.29) is 18.5 Å². The van der Waals surface area contributed by atoms with Crippen LogP contribution in [-0.2, 0) is 14.3 Å². The number of carbonyl (C=O) groups is 2. The molecule has 0 radical (unpaired) electrons. The molecule has 374 valence electrons. The van der Waals surface area contributed by atoms with Crippen molar-refractivity contribution >= 4 is 11.9 Å². The number of carbonyl (C=O) groups excluding carboxylic acids is 2. The number of amides is 1. The lowest BCUT2D eigenvalue weighted by molar-refractivity contribution is -0.143. The number of aliphatic hydroxyl groups excluding tert-OH is 2. The van der Waals surface area contributed by atoms with Crippen molar-refractivity contribution in [3.8, 4) is 0 Å². The first kappa shape index (κ1) is 61.6. The molecule has 0 spiro atoms. The summed E-state index contributed by atoms with van der Waals surface area (Å²) in [5.74, 6) is -0.0614. The van der Waals surface area contributed by atoms with Gasteiger partial charge in [0.15, 0.2) is 0 Å². The predicted octanol–water partition coefficient (Wildman–Crippen LogP) is 17.3. The summed E-state index contributed by atoms with van der Waals surface area (Å²) < 4.78 is 5.49. The fourth-order valence-electron chi connectivity index (χ4n) is 8.93. The topological polar surface area (TPSA) is 95.9 Å². The molecule has 2 unspecified atom stereocenters. The Morgan fingerprint density at radius 2 is 0.730 bits per heavy atom. The first-order valence-corrected chi connectivity index (χ1v) is 28.5. The van der Waals surface area contributed by atoms with Gasteiger partial charge in [-0.05, 0) is 32.1 Å². The molecule has 63 heavy (non-hydrogen) atoms. The van der Waals surface area contributed by atoms with Gasteiger partial charge in [-0.3, -0.25) is 9.59 Å². The highest BCUT2D eigenvalue weighted by molar-refractivity contribution is 5.76. The van der Waals surface area contributed by atoms with Gasteiger partial charge in [-0.25, -0.2) is 0 Å². The fourth-order valence-corrected chi connectivity index (χ4v) is 8.93. The minimum atomic E-state index is -0.844. The quantitative estimate of drug-likeness (QED) is 0.0321. The zero-order valence-electron chi connectivity index (χ0n) is 42.6. The van der Waals surface area contributed by atoms with Crippen LogP contribution in [0.3, 0.4) is 0 Å². The van der Waals surface area contributed by atoms with Crippen molar-refractivity contribution in [2.75, 3.05) is 13.2 Å². The molecule has 0 aromatic carbocycles. The van der Waals surface area contributed by atoms with E-state index in [0.29, 0.717) is 19.4 Å². The molecular weight excluding hydrogens is 779 g/mol. The third-order valence-electron chi connectivity index (χ3n) is 13.3. The van der Waals surface area contributed by atoms with Crippen LogP contribution in [0.25, 0.3) is 0 Å². The van der Waals surface area contributed by atoms with Gasteiger partial charge < -0.3 is 20.3 Å². The highest BCUT2D eigenvalue weighted by atomic mass is 16.5. The highest BCUT2D eigenvalue weighted by Gasteiger charge is 2.18. The van der Waals surface area contributed by atoms with Crippen LogP contribution in [0, 0.1) is 0 Å². The van der Waals surface area contributed by atoms with Crippen molar-refractivity contribution in [3.63, 3.8) is 0 Å². The molecule has 6 nitrogen and oxygen atoms in total. The van der Waals surface area contributed by atoms with Gasteiger partial charge in [-0.15, -0.1) is 0 Å². The van der Waals surface area contributed by atoms with E-state index in [4.69, 9.17) is 4.74 Å². The molecule has 0 rings (SSSR count). The molecule has 0 aliphatic carbocycles. The lowest BCUT2D eigenvalue weighted by Crippen LogP contribution is -2.45. The number of rotatable bonds is 53. The largest absolute Gasteiger partial charge is 0.466 e. The predicted molar refractivity (Wildman–Crippen MR) is 273 cm³/mol. The third-order valence-corrected chi connectivity index (χ3v) is 13.3. The summed E-state index contributed by atoms with van der Waals surface area (Å²) in [4.78, 5) is 24.5. The molecule has 3 N–H and O–H groups in total. The summed E-state index contributed by atoms with van der Waals surface area (Å²) in [5.41, 5.74) is 0. The minimum Gasteiger partial charge on any atom is -0.466 e. The van der Waals surface area contributed by atoms with Crippen molar-refractivity contribution in [2.24, 2.45) is 0 Å². The van der Waals surface area contributed by atoms with E-state index in [1.165, 1.54) is 250 Å². The van der Waals surface area contributed by atoms with E-state index < -0.39 is 12.1 Å². The van der Waals surface area contributed by atoms with E-state index in [0.717, 1.165) is 38.5 Å². The first-order chi connectivity index (χ1) is 31.0. The van der Waals surface area contributed by atoms with Crippen LogP contribution >= 0.6 is 0 Å². The maximum Gasteiger partial charge on any atom is 0.305 e. The molecular formula is C57H111NO5. The maximum absolute atomic E-state index is 12.4. The Hall–Kier alpha value is -1.40. The van der Waals surface area contributed by atoms with Gasteiger partial charge in [0, 0.05) is 12.8 Å². The summed E-state index contributed by atoms with van der Waals surface area (Å²) in [6.45, 7) is 4.90. The average molecular weight is 891 g/mol. The first-order valence-electron chi connectivity index (χ1n) is 28.5. The molecule has 0 saturated carbocycles. The SMILES string of the molecule is CCCCCCCCCCC/C=C/C(O)C(CO)NC(=O)CCCCCCCCCCCCCCCCCCCCOC(=O)CCCCCCCCCCCCCCCCCCC. The second-order valence-corrected chi connectivity index (χ2v) is 19.6. The standard InChI is InChI=1S/C57H111NO5/c1-3-5-7-9-11-13-15-16-17-20-24-27-31-35-39-43-47-51-57(62)63-52-48-44-40-36-32-28-25-22-19-18-21-23-26-30-34-38-42-46-50-56(61)58-54(53-59)55(60)49-45-41-37-33-29-14-12-10-8-6-4-2/h45,49,54-55,59-60H,3-44,46-48,50-53H2,1-2H3,(H,58,61)/b49-45+. The lowest BCUT2D eigenvalue weighted by Gasteiger charge is -2.20. The van der Waals surface area contributed by atoms with Crippen LogP contribution in [0.1, 0.15) is 316 Å². The van der Waals surface area contributed by atoms with E-state index in [1.807, 2.05) is 6.08 Å². The minimum absolute atomic E-state index is 0.0106. The zero-order chi connectivity index (χ0) is 45.8. The van der Waals surface area contributed by atoms with Gasteiger partial charge in [0.25, 0.3) is 0 Å². The molecule has 6 heteroatoms. The van der Waals surface area contributed by atoms with Crippen LogP contribution in [-0.4, -0.2) is 47.4 Å². The van der Waals surface area contributed by atoms with Gasteiger partial charge >= 0.3 is 5.97 Å². The number of hydrogen-bond donors (Lipinski definition) is 3. The van der Waals surface area contributed by atoms with E-state index in [1.54, 1.807) is 6.08 Å². The Kier molecular flexibility index (Phi) is 52.0. The Labute approximate surface area is 393 Å². The summed E-state index contributed by atoms with van der Waals surface area (Å²) in [5, 5.41) is 23.0. The van der Waals surface area contributed by atoms with Gasteiger partial charge in [0.1, 0.15) is 0 Å². The summed E-state index contributed by atoms with van der Waals surface area (Å²) in [7, 11) is 0. The molecule has 0 aliphatic heterocycles. The van der Waals surface area contributed by atoms with E-state index >= 15 is 0 Å². The van der Waals surface area contributed by atoms with Crippen molar-refractivity contribution in [2.45, 2.75) is 328 Å². The highest BCUT2D eigenvalue weighted by Crippen LogP contribution is 2.17. The molecule has 0 saturated heterocycles. The monoisotopic (exact) mass is 890 g/mol. The Bertz CT molecular complexity index is 939. The Morgan fingerprint density at radius 1 is 0.429 bits per heavy atom. The second kappa shape index (κ2) is 53.2. The van der Waals surface area contributed by atoms with Crippen molar-refractivity contribution in [3.05, 3.63) is 12.2 Å². The van der Waals surface area contributed by atoms with Crippen LogP contribution in [0.15, 0.2) is 12.2 Å². The number of hydrogen-bond acceptors (Lipinski definition) is 5. The number of unbranched alkanes of at least 4 members (excludes halogenated alkanes) is 42. The smallest absolute Gasteiger partial charge is 0.305 e. The molecule has 0 aliphatic rings. The van der Waals surface area contributed by atoms with E-state index in [9.17, 15) is 19.8 Å². The average Bonchev–Trinajstić information content (AvgIpc) is 3.28. The zero-order valence-corrected chi connectivity index (χ0v) is 42.6. The third kappa shape index (κ3) is 49.9. The fraction of sp³-hybridized carbons (Fsp3) is 0.930. The number of esters is 1. The molecule has 0 aromatic heterocycles. The van der Waals surface area contributed by atoms with Crippen LogP contribution in [0.5, 0.6) is 0 Å². The molecule has 0 fully saturated rings. The van der Waals surface area contributed by atoms with Crippen LogP contribution < -0.4 is 5.32 Å². The molecule has 2 atom stereocenters. The molecule has 0 bridgehead atoms.